The van der Waals surface area contributed by atoms with Crippen molar-refractivity contribution in [3.05, 3.63) is 48.3 Å². The van der Waals surface area contributed by atoms with Gasteiger partial charge in [-0.3, -0.25) is 4.68 Å². The summed E-state index contributed by atoms with van der Waals surface area (Å²) in [7, 11) is 0. The first-order valence-corrected chi connectivity index (χ1v) is 9.03. The first kappa shape index (κ1) is 15.9. The summed E-state index contributed by atoms with van der Waals surface area (Å²) in [6.07, 6.45) is 4.82. The van der Waals surface area contributed by atoms with Crippen LogP contribution in [-0.4, -0.2) is 44.8 Å². The number of anilines is 1. The molecule has 1 aromatic carbocycles. The predicted octanol–water partition coefficient (Wildman–Crippen LogP) is 3.29. The van der Waals surface area contributed by atoms with Crippen molar-refractivity contribution in [2.24, 2.45) is 0 Å². The quantitative estimate of drug-likeness (QED) is 0.936. The van der Waals surface area contributed by atoms with Gasteiger partial charge in [0.15, 0.2) is 0 Å². The maximum Gasteiger partial charge on any atom is 0.321 e. The molecule has 1 aliphatic heterocycles. The molecule has 0 saturated carbocycles. The number of hydrogen-bond donors (Lipinski definition) is 1. The van der Waals surface area contributed by atoms with E-state index in [1.54, 1.807) is 6.20 Å². The molecule has 2 aromatic rings. The minimum Gasteiger partial charge on any atom is -0.323 e. The van der Waals surface area contributed by atoms with Crippen LogP contribution in [0.2, 0.25) is 0 Å². The summed E-state index contributed by atoms with van der Waals surface area (Å²) in [5.41, 5.74) is 2.00. The van der Waals surface area contributed by atoms with Crippen molar-refractivity contribution in [2.75, 3.05) is 24.2 Å². The molecule has 2 heterocycles. The Morgan fingerprint density at radius 3 is 2.91 bits per heavy atom. The van der Waals surface area contributed by atoms with E-state index in [1.807, 2.05) is 57.9 Å². The summed E-state index contributed by atoms with van der Waals surface area (Å²) < 4.78 is 1.88. The highest BCUT2D eigenvalue weighted by Crippen LogP contribution is 2.21. The average molecular weight is 330 g/mol. The van der Waals surface area contributed by atoms with Gasteiger partial charge in [0.1, 0.15) is 0 Å². The number of carbonyl (C=O) groups excluding carboxylic acids is 1. The van der Waals surface area contributed by atoms with Gasteiger partial charge in [0.2, 0.25) is 0 Å². The van der Waals surface area contributed by atoms with E-state index < -0.39 is 0 Å². The number of thioether (sulfide) groups is 1. The standard InChI is InChI=1S/C17H22N4OS/c1-2-16-13-20(10-11-23-16)17(22)19-15-6-4-14(5-7-15)12-21-9-3-8-18-21/h3-9,16H,2,10-13H2,1H3,(H,19,22). The average Bonchev–Trinajstić information content (AvgIpc) is 3.09. The van der Waals surface area contributed by atoms with Gasteiger partial charge in [-0.15, -0.1) is 0 Å². The third kappa shape index (κ3) is 4.28. The highest BCUT2D eigenvalue weighted by Gasteiger charge is 2.22. The van der Waals surface area contributed by atoms with Crippen molar-refractivity contribution in [1.82, 2.24) is 14.7 Å². The van der Waals surface area contributed by atoms with Crippen LogP contribution in [0.5, 0.6) is 0 Å². The topological polar surface area (TPSA) is 50.2 Å². The van der Waals surface area contributed by atoms with Gasteiger partial charge in [-0.25, -0.2) is 4.79 Å². The summed E-state index contributed by atoms with van der Waals surface area (Å²) in [5.74, 6) is 1.02. The van der Waals surface area contributed by atoms with E-state index in [0.29, 0.717) is 5.25 Å². The Kier molecular flexibility index (Phi) is 5.23. The molecule has 1 aliphatic rings. The number of hydrogen-bond acceptors (Lipinski definition) is 3. The molecule has 0 aliphatic carbocycles. The first-order chi connectivity index (χ1) is 11.2. The van der Waals surface area contributed by atoms with Crippen LogP contribution in [-0.2, 0) is 6.54 Å². The smallest absolute Gasteiger partial charge is 0.321 e. The molecule has 1 unspecified atom stereocenters. The van der Waals surface area contributed by atoms with Gasteiger partial charge in [-0.1, -0.05) is 19.1 Å². The Morgan fingerprint density at radius 2 is 2.22 bits per heavy atom. The molecule has 3 rings (SSSR count). The molecule has 5 nitrogen and oxygen atoms in total. The number of nitrogens with one attached hydrogen (secondary N) is 1. The molecular formula is C17H22N4OS. The Balaban J connectivity index is 1.56. The Morgan fingerprint density at radius 1 is 1.39 bits per heavy atom. The fourth-order valence-corrected chi connectivity index (χ4v) is 3.81. The zero-order chi connectivity index (χ0) is 16.1. The van der Waals surface area contributed by atoms with Crippen molar-refractivity contribution in [3.8, 4) is 0 Å². The third-order valence-electron chi connectivity index (χ3n) is 3.99. The van der Waals surface area contributed by atoms with Gasteiger partial charge < -0.3 is 10.2 Å². The fourth-order valence-electron chi connectivity index (χ4n) is 2.63. The zero-order valence-corrected chi connectivity index (χ0v) is 14.1. The number of aromatic nitrogens is 2. The lowest BCUT2D eigenvalue weighted by atomic mass is 10.2. The Hall–Kier alpha value is -1.95. The minimum atomic E-state index is 0.00331. The lowest BCUT2D eigenvalue weighted by molar-refractivity contribution is 0.213. The van der Waals surface area contributed by atoms with Crippen molar-refractivity contribution in [2.45, 2.75) is 25.1 Å². The van der Waals surface area contributed by atoms with E-state index in [-0.39, 0.29) is 6.03 Å². The number of amides is 2. The maximum atomic E-state index is 12.4. The molecule has 2 amide bonds. The SMILES string of the molecule is CCC1CN(C(=O)Nc2ccc(Cn3cccn3)cc2)CCS1. The minimum absolute atomic E-state index is 0.00331. The first-order valence-electron chi connectivity index (χ1n) is 7.98. The van der Waals surface area contributed by atoms with Crippen LogP contribution in [0.15, 0.2) is 42.7 Å². The zero-order valence-electron chi connectivity index (χ0n) is 13.3. The summed E-state index contributed by atoms with van der Waals surface area (Å²) in [6, 6.07) is 9.87. The molecule has 1 aromatic heterocycles. The van der Waals surface area contributed by atoms with Crippen LogP contribution >= 0.6 is 11.8 Å². The molecule has 1 atom stereocenters. The number of nitrogens with zero attached hydrogens (tertiary/aromatic N) is 3. The van der Waals surface area contributed by atoms with Crippen LogP contribution < -0.4 is 5.32 Å². The van der Waals surface area contributed by atoms with E-state index in [9.17, 15) is 4.79 Å². The molecule has 1 fully saturated rings. The number of urea groups is 1. The van der Waals surface area contributed by atoms with Gasteiger partial charge in [0, 0.05) is 42.2 Å². The monoisotopic (exact) mass is 330 g/mol. The molecule has 0 radical (unpaired) electrons. The van der Waals surface area contributed by atoms with Crippen LogP contribution in [0, 0.1) is 0 Å². The third-order valence-corrected chi connectivity index (χ3v) is 5.36. The van der Waals surface area contributed by atoms with Gasteiger partial charge in [-0.05, 0) is 30.2 Å². The van der Waals surface area contributed by atoms with Crippen LogP contribution in [0.4, 0.5) is 10.5 Å². The van der Waals surface area contributed by atoms with Gasteiger partial charge in [0.05, 0.1) is 6.54 Å². The van der Waals surface area contributed by atoms with Crippen LogP contribution in [0.25, 0.3) is 0 Å². The number of benzene rings is 1. The van der Waals surface area contributed by atoms with Gasteiger partial charge >= 0.3 is 6.03 Å². The summed E-state index contributed by atoms with van der Waals surface area (Å²) in [5, 5.41) is 7.76. The van der Waals surface area contributed by atoms with E-state index in [1.165, 1.54) is 0 Å². The van der Waals surface area contributed by atoms with Crippen molar-refractivity contribution in [1.29, 1.82) is 0 Å². The molecule has 6 heteroatoms. The molecule has 23 heavy (non-hydrogen) atoms. The van der Waals surface area contributed by atoms with Crippen LogP contribution in [0.3, 0.4) is 0 Å². The van der Waals surface area contributed by atoms with Crippen molar-refractivity contribution in [3.63, 3.8) is 0 Å². The predicted molar refractivity (Wildman–Crippen MR) is 94.9 cm³/mol. The number of carbonyl (C=O) groups is 1. The molecular weight excluding hydrogens is 308 g/mol. The Bertz CT molecular complexity index is 627. The second-order valence-electron chi connectivity index (χ2n) is 5.68. The molecule has 1 saturated heterocycles. The van der Waals surface area contributed by atoms with E-state index in [4.69, 9.17) is 0 Å². The fraction of sp³-hybridized carbons (Fsp3) is 0.412. The maximum absolute atomic E-state index is 12.4. The van der Waals surface area contributed by atoms with Gasteiger partial charge in [0.25, 0.3) is 0 Å². The molecule has 0 spiro atoms. The summed E-state index contributed by atoms with van der Waals surface area (Å²) >= 11 is 1.96. The largest absolute Gasteiger partial charge is 0.323 e. The summed E-state index contributed by atoms with van der Waals surface area (Å²) in [6.45, 7) is 4.58. The van der Waals surface area contributed by atoms with Crippen molar-refractivity contribution < 1.29 is 4.79 Å². The second kappa shape index (κ2) is 7.55. The highest BCUT2D eigenvalue weighted by atomic mass is 32.2. The Labute approximate surface area is 141 Å². The molecule has 0 bridgehead atoms. The normalized spacial score (nSPS) is 18.0. The molecule has 1 N–H and O–H groups in total. The van der Waals surface area contributed by atoms with Gasteiger partial charge in [-0.2, -0.15) is 16.9 Å². The number of rotatable bonds is 4. The van der Waals surface area contributed by atoms with E-state index >= 15 is 0 Å². The molecule has 122 valence electrons. The second-order valence-corrected chi connectivity index (χ2v) is 7.09. The lowest BCUT2D eigenvalue weighted by Gasteiger charge is -2.31. The van der Waals surface area contributed by atoms with E-state index in [2.05, 4.69) is 17.3 Å². The van der Waals surface area contributed by atoms with Crippen LogP contribution in [0.1, 0.15) is 18.9 Å². The highest BCUT2D eigenvalue weighted by molar-refractivity contribution is 8.00. The van der Waals surface area contributed by atoms with Crippen molar-refractivity contribution >= 4 is 23.5 Å². The lowest BCUT2D eigenvalue weighted by Crippen LogP contribution is -2.43. The summed E-state index contributed by atoms with van der Waals surface area (Å²) in [4.78, 5) is 14.3. The van der Waals surface area contributed by atoms with E-state index in [0.717, 1.165) is 43.1 Å².